The number of nitrogens with one attached hydrogen (secondary N) is 2. The second-order valence-electron chi connectivity index (χ2n) is 4.40. The fourth-order valence-electron chi connectivity index (χ4n) is 1.77. The van der Waals surface area contributed by atoms with Crippen molar-refractivity contribution in [2.45, 2.75) is 13.8 Å². The number of halogens is 1. The van der Waals surface area contributed by atoms with Gasteiger partial charge in [-0.25, -0.2) is 4.98 Å². The largest absolute Gasteiger partial charge is 0.370 e. The zero-order chi connectivity index (χ0) is 14.5. The number of aromatic nitrogens is 1. The molecule has 4 nitrogen and oxygen atoms in total. The van der Waals surface area contributed by atoms with E-state index in [1.165, 1.54) is 0 Å². The summed E-state index contributed by atoms with van der Waals surface area (Å²) in [5, 5.41) is 5.97. The Morgan fingerprint density at radius 2 is 2.10 bits per heavy atom. The normalized spacial score (nSPS) is 10.2. The lowest BCUT2D eigenvalue weighted by Gasteiger charge is -2.09. The minimum Gasteiger partial charge on any atom is -0.370 e. The van der Waals surface area contributed by atoms with Crippen molar-refractivity contribution in [1.29, 1.82) is 0 Å². The van der Waals surface area contributed by atoms with Crippen LogP contribution in [0.15, 0.2) is 41.0 Å². The van der Waals surface area contributed by atoms with E-state index in [1.54, 1.807) is 18.3 Å². The van der Waals surface area contributed by atoms with Gasteiger partial charge in [-0.15, -0.1) is 0 Å². The fourth-order valence-corrected chi connectivity index (χ4v) is 2.36. The molecule has 0 unspecified atom stereocenters. The van der Waals surface area contributed by atoms with E-state index in [0.717, 1.165) is 22.3 Å². The molecule has 1 aromatic heterocycles. The standard InChI is InChI=1S/C15H16BrN3O/c1-3-17-14-9-11(6-7-18-14)15(20)19-13-5-4-10(2)8-12(13)16/h4-9H,3H2,1-2H3,(H,17,18)(H,19,20). The van der Waals surface area contributed by atoms with Crippen molar-refractivity contribution < 1.29 is 4.79 Å². The van der Waals surface area contributed by atoms with Gasteiger partial charge in [0.05, 0.1) is 5.69 Å². The Hall–Kier alpha value is -1.88. The zero-order valence-corrected chi connectivity index (χ0v) is 13.0. The molecule has 0 saturated heterocycles. The average molecular weight is 334 g/mol. The van der Waals surface area contributed by atoms with Crippen molar-refractivity contribution in [2.24, 2.45) is 0 Å². The highest BCUT2D eigenvalue weighted by molar-refractivity contribution is 9.10. The van der Waals surface area contributed by atoms with Crippen LogP contribution < -0.4 is 10.6 Å². The predicted molar refractivity (Wildman–Crippen MR) is 85.2 cm³/mol. The number of aryl methyl sites for hydroxylation is 1. The third kappa shape index (κ3) is 3.57. The molecular weight excluding hydrogens is 318 g/mol. The topological polar surface area (TPSA) is 54.0 Å². The molecule has 2 aromatic rings. The smallest absolute Gasteiger partial charge is 0.255 e. The number of hydrogen-bond acceptors (Lipinski definition) is 3. The molecule has 0 spiro atoms. The first kappa shape index (κ1) is 14.5. The highest BCUT2D eigenvalue weighted by Crippen LogP contribution is 2.24. The molecule has 2 N–H and O–H groups in total. The Kier molecular flexibility index (Phi) is 4.74. The van der Waals surface area contributed by atoms with Gasteiger partial charge in [-0.1, -0.05) is 6.07 Å². The van der Waals surface area contributed by atoms with Crippen LogP contribution in [-0.2, 0) is 0 Å². The van der Waals surface area contributed by atoms with Gasteiger partial charge >= 0.3 is 0 Å². The lowest BCUT2D eigenvalue weighted by Crippen LogP contribution is -2.13. The molecule has 0 aliphatic heterocycles. The van der Waals surface area contributed by atoms with Crippen LogP contribution in [0.25, 0.3) is 0 Å². The maximum Gasteiger partial charge on any atom is 0.255 e. The lowest BCUT2D eigenvalue weighted by atomic mass is 10.2. The van der Waals surface area contributed by atoms with Gasteiger partial charge < -0.3 is 10.6 Å². The van der Waals surface area contributed by atoms with E-state index in [9.17, 15) is 4.79 Å². The predicted octanol–water partition coefficient (Wildman–Crippen LogP) is 3.84. The van der Waals surface area contributed by atoms with E-state index in [-0.39, 0.29) is 5.91 Å². The number of benzene rings is 1. The molecule has 1 amide bonds. The van der Waals surface area contributed by atoms with E-state index in [1.807, 2.05) is 32.0 Å². The molecule has 20 heavy (non-hydrogen) atoms. The number of pyridine rings is 1. The van der Waals surface area contributed by atoms with Gasteiger partial charge in [0.2, 0.25) is 0 Å². The number of rotatable bonds is 4. The van der Waals surface area contributed by atoms with E-state index >= 15 is 0 Å². The Morgan fingerprint density at radius 3 is 2.80 bits per heavy atom. The van der Waals surface area contributed by atoms with E-state index in [0.29, 0.717) is 11.4 Å². The first-order valence-corrected chi connectivity index (χ1v) is 7.17. The molecule has 0 radical (unpaired) electrons. The molecule has 1 heterocycles. The molecule has 2 rings (SSSR count). The Balaban J connectivity index is 2.17. The summed E-state index contributed by atoms with van der Waals surface area (Å²) in [5.74, 6) is 0.541. The molecule has 1 aromatic carbocycles. The summed E-state index contributed by atoms with van der Waals surface area (Å²) < 4.78 is 0.867. The summed E-state index contributed by atoms with van der Waals surface area (Å²) in [7, 11) is 0. The first-order valence-electron chi connectivity index (χ1n) is 6.37. The quantitative estimate of drug-likeness (QED) is 0.893. The van der Waals surface area contributed by atoms with Crippen LogP contribution in [0, 0.1) is 6.92 Å². The van der Waals surface area contributed by atoms with E-state index in [2.05, 4.69) is 31.5 Å². The van der Waals surface area contributed by atoms with Gasteiger partial charge in [-0.2, -0.15) is 0 Å². The molecule has 0 atom stereocenters. The third-order valence-corrected chi connectivity index (χ3v) is 3.41. The molecule has 0 aliphatic rings. The molecule has 0 aliphatic carbocycles. The zero-order valence-electron chi connectivity index (χ0n) is 11.4. The monoisotopic (exact) mass is 333 g/mol. The third-order valence-electron chi connectivity index (χ3n) is 2.75. The Bertz CT molecular complexity index is 628. The molecule has 5 heteroatoms. The van der Waals surface area contributed by atoms with Gasteiger partial charge in [-0.05, 0) is 59.6 Å². The molecule has 0 fully saturated rings. The van der Waals surface area contributed by atoms with Crippen LogP contribution in [0.5, 0.6) is 0 Å². The van der Waals surface area contributed by atoms with Gasteiger partial charge in [-0.3, -0.25) is 4.79 Å². The van der Waals surface area contributed by atoms with E-state index < -0.39 is 0 Å². The minimum atomic E-state index is -0.156. The maximum atomic E-state index is 12.2. The number of amides is 1. The van der Waals surface area contributed by atoms with Crippen LogP contribution in [-0.4, -0.2) is 17.4 Å². The average Bonchev–Trinajstić information content (AvgIpc) is 2.42. The fraction of sp³-hybridized carbons (Fsp3) is 0.200. The van der Waals surface area contributed by atoms with Gasteiger partial charge in [0.25, 0.3) is 5.91 Å². The lowest BCUT2D eigenvalue weighted by molar-refractivity contribution is 0.102. The number of hydrogen-bond donors (Lipinski definition) is 2. The van der Waals surface area contributed by atoms with Crippen molar-refractivity contribution >= 4 is 33.3 Å². The highest BCUT2D eigenvalue weighted by atomic mass is 79.9. The Labute approximate surface area is 126 Å². The maximum absolute atomic E-state index is 12.2. The van der Waals surface area contributed by atoms with Gasteiger partial charge in [0.15, 0.2) is 0 Å². The molecule has 104 valence electrons. The van der Waals surface area contributed by atoms with Gasteiger partial charge in [0.1, 0.15) is 5.82 Å². The van der Waals surface area contributed by atoms with Crippen molar-refractivity contribution in [3.8, 4) is 0 Å². The number of anilines is 2. The first-order chi connectivity index (χ1) is 9.60. The van der Waals surface area contributed by atoms with Crippen molar-refractivity contribution in [3.05, 3.63) is 52.1 Å². The SMILES string of the molecule is CCNc1cc(C(=O)Nc2ccc(C)cc2Br)ccn1. The summed E-state index contributed by atoms with van der Waals surface area (Å²) in [4.78, 5) is 16.4. The summed E-state index contributed by atoms with van der Waals surface area (Å²) in [6, 6.07) is 9.23. The van der Waals surface area contributed by atoms with Crippen LogP contribution in [0.2, 0.25) is 0 Å². The molecular formula is C15H16BrN3O. The second kappa shape index (κ2) is 6.52. The number of carbonyl (C=O) groups is 1. The van der Waals surface area contributed by atoms with Gasteiger partial charge in [0, 0.05) is 22.8 Å². The van der Waals surface area contributed by atoms with Crippen molar-refractivity contribution in [2.75, 3.05) is 17.2 Å². The molecule has 0 bridgehead atoms. The van der Waals surface area contributed by atoms with Crippen LogP contribution in [0.4, 0.5) is 11.5 Å². The van der Waals surface area contributed by atoms with Crippen LogP contribution in [0.3, 0.4) is 0 Å². The second-order valence-corrected chi connectivity index (χ2v) is 5.25. The summed E-state index contributed by atoms with van der Waals surface area (Å²) in [6.07, 6.45) is 1.62. The van der Waals surface area contributed by atoms with Crippen LogP contribution in [0.1, 0.15) is 22.8 Å². The summed E-state index contributed by atoms with van der Waals surface area (Å²) in [5.41, 5.74) is 2.46. The molecule has 0 saturated carbocycles. The summed E-state index contributed by atoms with van der Waals surface area (Å²) in [6.45, 7) is 4.75. The number of nitrogens with zero attached hydrogens (tertiary/aromatic N) is 1. The summed E-state index contributed by atoms with van der Waals surface area (Å²) >= 11 is 3.45. The van der Waals surface area contributed by atoms with Crippen LogP contribution >= 0.6 is 15.9 Å². The highest BCUT2D eigenvalue weighted by Gasteiger charge is 2.09. The van der Waals surface area contributed by atoms with Crippen molar-refractivity contribution in [3.63, 3.8) is 0 Å². The minimum absolute atomic E-state index is 0.156. The number of carbonyl (C=O) groups excluding carboxylic acids is 1. The van der Waals surface area contributed by atoms with E-state index in [4.69, 9.17) is 0 Å². The Morgan fingerprint density at radius 1 is 1.30 bits per heavy atom. The van der Waals surface area contributed by atoms with Crippen molar-refractivity contribution in [1.82, 2.24) is 4.98 Å².